The molecule has 1 aromatic rings. The Morgan fingerprint density at radius 2 is 1.86 bits per heavy atom. The monoisotopic (exact) mass is 308 g/mol. The van der Waals surface area contributed by atoms with Crippen LogP contribution in [0.5, 0.6) is 0 Å². The number of nitriles is 1. The number of aliphatic hydroxyl groups is 1. The lowest BCUT2D eigenvalue weighted by Crippen LogP contribution is -2.38. The van der Waals surface area contributed by atoms with Crippen LogP contribution in [0.3, 0.4) is 0 Å². The summed E-state index contributed by atoms with van der Waals surface area (Å²) in [5, 5.41) is 18.1. The fourth-order valence-electron chi connectivity index (χ4n) is 2.72. The second-order valence-electron chi connectivity index (χ2n) is 5.67. The van der Waals surface area contributed by atoms with Crippen molar-refractivity contribution in [3.05, 3.63) is 29.8 Å². The van der Waals surface area contributed by atoms with Crippen molar-refractivity contribution < 1.29 is 13.5 Å². The van der Waals surface area contributed by atoms with Crippen molar-refractivity contribution >= 4 is 10.0 Å². The molecule has 114 valence electrons. The molecule has 0 aliphatic heterocycles. The van der Waals surface area contributed by atoms with Crippen LogP contribution in [0.2, 0.25) is 0 Å². The molecular weight excluding hydrogens is 288 g/mol. The van der Waals surface area contributed by atoms with Gasteiger partial charge in [-0.15, -0.1) is 0 Å². The second kappa shape index (κ2) is 6.56. The number of aliphatic hydroxyl groups excluding tert-OH is 1. The van der Waals surface area contributed by atoms with Gasteiger partial charge in [0.2, 0.25) is 10.0 Å². The fraction of sp³-hybridized carbons (Fsp3) is 0.533. The Hall–Kier alpha value is -1.42. The van der Waals surface area contributed by atoms with Crippen LogP contribution in [-0.2, 0) is 16.4 Å². The minimum atomic E-state index is -3.57. The maximum absolute atomic E-state index is 12.3. The van der Waals surface area contributed by atoms with Gasteiger partial charge in [0, 0.05) is 18.6 Å². The average Bonchev–Trinajstić information content (AvgIpc) is 2.96. The maximum atomic E-state index is 12.3. The van der Waals surface area contributed by atoms with E-state index in [0.717, 1.165) is 31.2 Å². The molecule has 0 aromatic heterocycles. The number of hydrogen-bond donors (Lipinski definition) is 2. The third-order valence-corrected chi connectivity index (χ3v) is 5.57. The minimum Gasteiger partial charge on any atom is -0.396 e. The third-order valence-electron chi connectivity index (χ3n) is 4.15. The minimum absolute atomic E-state index is 0.0105. The molecule has 1 aromatic carbocycles. The first-order chi connectivity index (χ1) is 10.0. The van der Waals surface area contributed by atoms with E-state index in [1.54, 1.807) is 12.1 Å². The molecule has 1 fully saturated rings. The van der Waals surface area contributed by atoms with Crippen molar-refractivity contribution in [3.8, 4) is 6.07 Å². The molecule has 1 aliphatic carbocycles. The molecule has 2 rings (SSSR count). The lowest BCUT2D eigenvalue weighted by molar-refractivity contribution is 0.134. The van der Waals surface area contributed by atoms with Crippen LogP contribution in [0, 0.1) is 16.7 Å². The van der Waals surface area contributed by atoms with Gasteiger partial charge in [0.15, 0.2) is 0 Å². The number of sulfonamides is 1. The Bertz CT molecular complexity index is 611. The van der Waals surface area contributed by atoms with Gasteiger partial charge in [-0.2, -0.15) is 5.26 Å². The molecule has 0 amide bonds. The summed E-state index contributed by atoms with van der Waals surface area (Å²) in [6, 6.07) is 8.34. The first-order valence-electron chi connectivity index (χ1n) is 7.08. The summed E-state index contributed by atoms with van der Waals surface area (Å²) in [6.07, 6.45) is 4.04. The van der Waals surface area contributed by atoms with Crippen molar-refractivity contribution in [2.75, 3.05) is 13.2 Å². The molecule has 0 heterocycles. The zero-order valence-corrected chi connectivity index (χ0v) is 12.7. The number of benzene rings is 1. The largest absolute Gasteiger partial charge is 0.396 e. The summed E-state index contributed by atoms with van der Waals surface area (Å²) in [5.74, 6) is 0. The highest BCUT2D eigenvalue weighted by atomic mass is 32.2. The predicted molar refractivity (Wildman–Crippen MR) is 78.9 cm³/mol. The molecule has 21 heavy (non-hydrogen) atoms. The Kier molecular flexibility index (Phi) is 4.99. The van der Waals surface area contributed by atoms with E-state index in [4.69, 9.17) is 5.26 Å². The summed E-state index contributed by atoms with van der Waals surface area (Å²) in [5.41, 5.74) is 0.479. The molecular formula is C15H20N2O3S. The summed E-state index contributed by atoms with van der Waals surface area (Å²) in [4.78, 5) is 0.190. The SMILES string of the molecule is N#CCc1ccc(S(=O)(=O)NCC2(CO)CCCC2)cc1. The molecule has 0 spiro atoms. The van der Waals surface area contributed by atoms with Gasteiger partial charge in [-0.3, -0.25) is 0 Å². The lowest BCUT2D eigenvalue weighted by Gasteiger charge is -2.26. The van der Waals surface area contributed by atoms with Crippen LogP contribution < -0.4 is 4.72 Å². The number of nitrogens with one attached hydrogen (secondary N) is 1. The van der Waals surface area contributed by atoms with E-state index >= 15 is 0 Å². The standard InChI is InChI=1S/C15H20N2O3S/c16-10-7-13-3-5-14(6-4-13)21(19,20)17-11-15(12-18)8-1-2-9-15/h3-6,17-18H,1-2,7-9,11-12H2. The smallest absolute Gasteiger partial charge is 0.240 e. The van der Waals surface area contributed by atoms with Crippen LogP contribution >= 0.6 is 0 Å². The first-order valence-corrected chi connectivity index (χ1v) is 8.56. The third kappa shape index (κ3) is 3.82. The molecule has 0 unspecified atom stereocenters. The van der Waals surface area contributed by atoms with Crippen molar-refractivity contribution in [3.63, 3.8) is 0 Å². The fourth-order valence-corrected chi connectivity index (χ4v) is 3.88. The highest BCUT2D eigenvalue weighted by molar-refractivity contribution is 7.89. The van der Waals surface area contributed by atoms with Crippen LogP contribution in [-0.4, -0.2) is 26.7 Å². The van der Waals surface area contributed by atoms with Gasteiger partial charge < -0.3 is 5.11 Å². The number of rotatable bonds is 6. The lowest BCUT2D eigenvalue weighted by atomic mass is 9.88. The molecule has 0 radical (unpaired) electrons. The van der Waals surface area contributed by atoms with Crippen LogP contribution in [0.1, 0.15) is 31.2 Å². The van der Waals surface area contributed by atoms with Gasteiger partial charge in [-0.25, -0.2) is 13.1 Å². The van der Waals surface area contributed by atoms with Crippen molar-refractivity contribution in [2.24, 2.45) is 5.41 Å². The molecule has 0 atom stereocenters. The van der Waals surface area contributed by atoms with E-state index in [2.05, 4.69) is 4.72 Å². The van der Waals surface area contributed by atoms with E-state index in [9.17, 15) is 13.5 Å². The van der Waals surface area contributed by atoms with Crippen molar-refractivity contribution in [2.45, 2.75) is 37.0 Å². The molecule has 1 saturated carbocycles. The highest BCUT2D eigenvalue weighted by Crippen LogP contribution is 2.37. The van der Waals surface area contributed by atoms with Crippen LogP contribution in [0.4, 0.5) is 0 Å². The van der Waals surface area contributed by atoms with Crippen LogP contribution in [0.25, 0.3) is 0 Å². The summed E-state index contributed by atoms with van der Waals surface area (Å²) < 4.78 is 27.1. The van der Waals surface area contributed by atoms with Gasteiger partial charge in [-0.05, 0) is 30.5 Å². The van der Waals surface area contributed by atoms with E-state index in [1.807, 2.05) is 6.07 Å². The first kappa shape index (κ1) is 16.0. The van der Waals surface area contributed by atoms with Crippen LogP contribution in [0.15, 0.2) is 29.2 Å². The number of hydrogen-bond acceptors (Lipinski definition) is 4. The van der Waals surface area contributed by atoms with Gasteiger partial charge in [0.25, 0.3) is 0 Å². The van der Waals surface area contributed by atoms with E-state index in [1.165, 1.54) is 12.1 Å². The highest BCUT2D eigenvalue weighted by Gasteiger charge is 2.34. The Morgan fingerprint density at radius 3 is 2.38 bits per heavy atom. The Balaban J connectivity index is 2.06. The predicted octanol–water partition coefficient (Wildman–Crippen LogP) is 1.58. The van der Waals surface area contributed by atoms with E-state index in [-0.39, 0.29) is 29.9 Å². The van der Waals surface area contributed by atoms with Gasteiger partial charge in [0.1, 0.15) is 0 Å². The summed E-state index contributed by atoms with van der Waals surface area (Å²) in [7, 11) is -3.57. The number of nitrogens with zero attached hydrogens (tertiary/aromatic N) is 1. The molecule has 0 bridgehead atoms. The quantitative estimate of drug-likeness (QED) is 0.835. The maximum Gasteiger partial charge on any atom is 0.240 e. The topological polar surface area (TPSA) is 90.2 Å². The summed E-state index contributed by atoms with van der Waals surface area (Å²) in [6.45, 7) is 0.280. The van der Waals surface area contributed by atoms with E-state index < -0.39 is 10.0 Å². The zero-order valence-electron chi connectivity index (χ0n) is 11.9. The molecule has 1 aliphatic rings. The zero-order chi connectivity index (χ0) is 15.3. The molecule has 5 nitrogen and oxygen atoms in total. The van der Waals surface area contributed by atoms with Crippen molar-refractivity contribution in [1.82, 2.24) is 4.72 Å². The second-order valence-corrected chi connectivity index (χ2v) is 7.44. The average molecular weight is 308 g/mol. The Labute approximate surface area is 125 Å². The van der Waals surface area contributed by atoms with Gasteiger partial charge in [-0.1, -0.05) is 25.0 Å². The van der Waals surface area contributed by atoms with E-state index in [0.29, 0.717) is 0 Å². The summed E-state index contributed by atoms with van der Waals surface area (Å²) >= 11 is 0. The van der Waals surface area contributed by atoms with Gasteiger partial charge in [0.05, 0.1) is 17.4 Å². The van der Waals surface area contributed by atoms with Gasteiger partial charge >= 0.3 is 0 Å². The molecule has 0 saturated heterocycles. The molecule has 2 N–H and O–H groups in total. The van der Waals surface area contributed by atoms with Crippen molar-refractivity contribution in [1.29, 1.82) is 5.26 Å². The normalized spacial score (nSPS) is 17.5. The Morgan fingerprint density at radius 1 is 1.24 bits per heavy atom. The molecule has 6 heteroatoms.